The van der Waals surface area contributed by atoms with E-state index in [1.54, 1.807) is 19.1 Å². The minimum Gasteiger partial charge on any atom is -0.449 e. The molecule has 0 fully saturated rings. The van der Waals surface area contributed by atoms with Crippen LogP contribution in [0.15, 0.2) is 36.7 Å². The lowest BCUT2D eigenvalue weighted by molar-refractivity contribution is -0.123. The Morgan fingerprint density at radius 1 is 1.09 bits per heavy atom. The van der Waals surface area contributed by atoms with Gasteiger partial charge in [-0.15, -0.1) is 0 Å². The zero-order valence-electron chi connectivity index (χ0n) is 13.7. The average molecular weight is 312 g/mol. The van der Waals surface area contributed by atoms with Crippen LogP contribution >= 0.6 is 0 Å². The number of carbonyl (C=O) groups is 2. The number of nitrogens with one attached hydrogen (secondary N) is 1. The maximum absolute atomic E-state index is 12.3. The molecule has 0 radical (unpaired) electrons. The fourth-order valence-corrected chi connectivity index (χ4v) is 2.37. The largest absolute Gasteiger partial charge is 0.449 e. The smallest absolute Gasteiger partial charge is 0.339 e. The minimum absolute atomic E-state index is 0.359. The molecule has 0 unspecified atom stereocenters. The Balaban J connectivity index is 2.05. The molecule has 0 saturated heterocycles. The molecular formula is C18H20N2O3. The van der Waals surface area contributed by atoms with Gasteiger partial charge in [0.15, 0.2) is 6.10 Å². The maximum atomic E-state index is 12.3. The standard InChI is InChI=1S/C18H20N2O3/c1-11-9-12(2)16(13(3)10-11)20-17(21)14(4)23-18(22)15-5-7-19-8-6-15/h5-10,14H,1-4H3,(H,20,21)/t14-/m0/s1. The number of hydrogen-bond donors (Lipinski definition) is 1. The van der Waals surface area contributed by atoms with Crippen molar-refractivity contribution in [3.63, 3.8) is 0 Å². The molecule has 0 saturated carbocycles. The Kier molecular flexibility index (Phi) is 5.11. The molecule has 1 N–H and O–H groups in total. The van der Waals surface area contributed by atoms with E-state index in [2.05, 4.69) is 10.3 Å². The Bertz CT molecular complexity index is 703. The van der Waals surface area contributed by atoms with Gasteiger partial charge in [-0.3, -0.25) is 9.78 Å². The van der Waals surface area contributed by atoms with Crippen molar-refractivity contribution in [2.45, 2.75) is 33.8 Å². The summed E-state index contributed by atoms with van der Waals surface area (Å²) in [5.74, 6) is -0.908. The van der Waals surface area contributed by atoms with Crippen LogP contribution in [0.4, 0.5) is 5.69 Å². The van der Waals surface area contributed by atoms with Crippen molar-refractivity contribution in [2.24, 2.45) is 0 Å². The number of esters is 1. The molecule has 0 bridgehead atoms. The van der Waals surface area contributed by atoms with Crippen molar-refractivity contribution in [3.05, 3.63) is 58.9 Å². The molecule has 0 spiro atoms. The van der Waals surface area contributed by atoms with Gasteiger partial charge in [0.25, 0.3) is 5.91 Å². The molecule has 1 aromatic heterocycles. The van der Waals surface area contributed by atoms with Gasteiger partial charge in [0, 0.05) is 18.1 Å². The highest BCUT2D eigenvalue weighted by Gasteiger charge is 2.20. The Hall–Kier alpha value is -2.69. The fraction of sp³-hybridized carbons (Fsp3) is 0.278. The summed E-state index contributed by atoms with van der Waals surface area (Å²) < 4.78 is 5.20. The summed E-state index contributed by atoms with van der Waals surface area (Å²) in [6.07, 6.45) is 2.11. The van der Waals surface area contributed by atoms with Crippen molar-refractivity contribution in [2.75, 3.05) is 5.32 Å². The van der Waals surface area contributed by atoms with Crippen molar-refractivity contribution < 1.29 is 14.3 Å². The van der Waals surface area contributed by atoms with E-state index in [0.717, 1.165) is 22.4 Å². The molecule has 23 heavy (non-hydrogen) atoms. The van der Waals surface area contributed by atoms with Crippen LogP contribution in [0.2, 0.25) is 0 Å². The fourth-order valence-electron chi connectivity index (χ4n) is 2.37. The molecule has 5 nitrogen and oxygen atoms in total. The molecule has 0 aliphatic heterocycles. The molecule has 1 amide bonds. The number of hydrogen-bond acceptors (Lipinski definition) is 4. The third-order valence-corrected chi connectivity index (χ3v) is 3.49. The van der Waals surface area contributed by atoms with E-state index in [-0.39, 0.29) is 5.91 Å². The molecular weight excluding hydrogens is 292 g/mol. The SMILES string of the molecule is Cc1cc(C)c(NC(=O)[C@H](C)OC(=O)c2ccncc2)c(C)c1. The van der Waals surface area contributed by atoms with Crippen LogP contribution < -0.4 is 5.32 Å². The highest BCUT2D eigenvalue weighted by atomic mass is 16.5. The summed E-state index contributed by atoms with van der Waals surface area (Å²) in [5.41, 5.74) is 4.21. The molecule has 1 aromatic carbocycles. The number of ether oxygens (including phenoxy) is 1. The number of carbonyl (C=O) groups excluding carboxylic acids is 2. The number of anilines is 1. The molecule has 5 heteroatoms. The number of rotatable bonds is 4. The maximum Gasteiger partial charge on any atom is 0.339 e. The second-order valence-electron chi connectivity index (χ2n) is 5.55. The second-order valence-corrected chi connectivity index (χ2v) is 5.55. The molecule has 1 atom stereocenters. The summed E-state index contributed by atoms with van der Waals surface area (Å²) in [6.45, 7) is 7.42. The van der Waals surface area contributed by atoms with E-state index in [1.807, 2.05) is 32.9 Å². The van der Waals surface area contributed by atoms with E-state index in [0.29, 0.717) is 5.56 Å². The minimum atomic E-state index is -0.893. The number of aryl methyl sites for hydroxylation is 3. The topological polar surface area (TPSA) is 68.3 Å². The van der Waals surface area contributed by atoms with Gasteiger partial charge in [0.1, 0.15) is 0 Å². The molecule has 0 aliphatic rings. The van der Waals surface area contributed by atoms with Gasteiger partial charge < -0.3 is 10.1 Å². The van der Waals surface area contributed by atoms with Gasteiger partial charge >= 0.3 is 5.97 Å². The monoisotopic (exact) mass is 312 g/mol. The number of aromatic nitrogens is 1. The van der Waals surface area contributed by atoms with Crippen LogP contribution in [0.1, 0.15) is 34.0 Å². The van der Waals surface area contributed by atoms with Gasteiger partial charge in [-0.2, -0.15) is 0 Å². The van der Waals surface area contributed by atoms with Crippen LogP contribution in [0.5, 0.6) is 0 Å². The zero-order chi connectivity index (χ0) is 17.0. The van der Waals surface area contributed by atoms with Crippen molar-refractivity contribution in [3.8, 4) is 0 Å². The number of nitrogens with zero attached hydrogens (tertiary/aromatic N) is 1. The van der Waals surface area contributed by atoms with E-state index in [1.165, 1.54) is 12.4 Å². The normalized spacial score (nSPS) is 11.7. The van der Waals surface area contributed by atoms with Crippen LogP contribution in [-0.4, -0.2) is 23.0 Å². The molecule has 120 valence electrons. The number of benzene rings is 1. The lowest BCUT2D eigenvalue weighted by Gasteiger charge is -2.16. The average Bonchev–Trinajstić information content (AvgIpc) is 2.51. The predicted molar refractivity (Wildman–Crippen MR) is 88.4 cm³/mol. The lowest BCUT2D eigenvalue weighted by atomic mass is 10.0. The predicted octanol–water partition coefficient (Wildman–Crippen LogP) is 3.19. The van der Waals surface area contributed by atoms with E-state index in [9.17, 15) is 9.59 Å². The van der Waals surface area contributed by atoms with Crippen LogP contribution in [0.3, 0.4) is 0 Å². The first kappa shape index (κ1) is 16.7. The first-order chi connectivity index (χ1) is 10.9. The summed E-state index contributed by atoms with van der Waals surface area (Å²) in [7, 11) is 0. The van der Waals surface area contributed by atoms with Gasteiger partial charge in [-0.05, 0) is 51.0 Å². The van der Waals surface area contributed by atoms with Gasteiger partial charge in [-0.1, -0.05) is 17.7 Å². The van der Waals surface area contributed by atoms with Crippen LogP contribution in [-0.2, 0) is 9.53 Å². The van der Waals surface area contributed by atoms with E-state index < -0.39 is 12.1 Å². The second kappa shape index (κ2) is 7.05. The van der Waals surface area contributed by atoms with E-state index >= 15 is 0 Å². The van der Waals surface area contributed by atoms with Crippen LogP contribution in [0, 0.1) is 20.8 Å². The highest BCUT2D eigenvalue weighted by Crippen LogP contribution is 2.22. The lowest BCUT2D eigenvalue weighted by Crippen LogP contribution is -2.30. The Morgan fingerprint density at radius 3 is 2.22 bits per heavy atom. The zero-order valence-corrected chi connectivity index (χ0v) is 13.7. The summed E-state index contributed by atoms with van der Waals surface area (Å²) in [6, 6.07) is 7.08. The Morgan fingerprint density at radius 2 is 1.65 bits per heavy atom. The summed E-state index contributed by atoms with van der Waals surface area (Å²) in [4.78, 5) is 28.1. The highest BCUT2D eigenvalue weighted by molar-refractivity contribution is 5.98. The van der Waals surface area contributed by atoms with Crippen LogP contribution in [0.25, 0.3) is 0 Å². The molecule has 1 heterocycles. The first-order valence-corrected chi connectivity index (χ1v) is 7.38. The van der Waals surface area contributed by atoms with Gasteiger partial charge in [-0.25, -0.2) is 4.79 Å². The first-order valence-electron chi connectivity index (χ1n) is 7.38. The van der Waals surface area contributed by atoms with Gasteiger partial charge in [0.2, 0.25) is 0 Å². The number of pyridine rings is 1. The summed E-state index contributed by atoms with van der Waals surface area (Å²) in [5, 5.41) is 2.83. The third kappa shape index (κ3) is 4.16. The van der Waals surface area contributed by atoms with Crippen molar-refractivity contribution in [1.82, 2.24) is 4.98 Å². The van der Waals surface area contributed by atoms with Crippen molar-refractivity contribution in [1.29, 1.82) is 0 Å². The Labute approximate surface area is 135 Å². The molecule has 2 rings (SSSR count). The quantitative estimate of drug-likeness (QED) is 0.880. The molecule has 0 aliphatic carbocycles. The number of amides is 1. The molecule has 2 aromatic rings. The summed E-state index contributed by atoms with van der Waals surface area (Å²) >= 11 is 0. The third-order valence-electron chi connectivity index (χ3n) is 3.49. The van der Waals surface area contributed by atoms with E-state index in [4.69, 9.17) is 4.74 Å². The van der Waals surface area contributed by atoms with Gasteiger partial charge in [0.05, 0.1) is 5.56 Å². The van der Waals surface area contributed by atoms with Crippen molar-refractivity contribution >= 4 is 17.6 Å².